The second-order valence-corrected chi connectivity index (χ2v) is 6.78. The zero-order chi connectivity index (χ0) is 18.2. The van der Waals surface area contributed by atoms with E-state index in [1.54, 1.807) is 12.4 Å². The zero-order valence-corrected chi connectivity index (χ0v) is 14.0. The van der Waals surface area contributed by atoms with Crippen molar-refractivity contribution in [1.82, 2.24) is 24.8 Å². The van der Waals surface area contributed by atoms with Gasteiger partial charge in [0.1, 0.15) is 6.33 Å². The highest BCUT2D eigenvalue weighted by Gasteiger charge is 2.45. The average Bonchev–Trinajstić information content (AvgIpc) is 3.43. The summed E-state index contributed by atoms with van der Waals surface area (Å²) >= 11 is 0. The molecule has 0 atom stereocenters. The first kappa shape index (κ1) is 16.7. The third-order valence-electron chi connectivity index (χ3n) is 4.90. The Morgan fingerprint density at radius 3 is 2.19 bits per heavy atom. The minimum atomic E-state index is -2.68. The summed E-state index contributed by atoms with van der Waals surface area (Å²) in [7, 11) is 0. The number of rotatable bonds is 4. The molecule has 136 valence electrons. The Morgan fingerprint density at radius 1 is 1.00 bits per heavy atom. The van der Waals surface area contributed by atoms with E-state index >= 15 is 0 Å². The van der Waals surface area contributed by atoms with Gasteiger partial charge in [-0.3, -0.25) is 4.79 Å². The molecule has 0 spiro atoms. The maximum absolute atomic E-state index is 13.2. The van der Waals surface area contributed by atoms with E-state index in [0.29, 0.717) is 11.5 Å². The molecule has 1 aliphatic heterocycles. The third-order valence-corrected chi connectivity index (χ3v) is 4.90. The molecule has 1 amide bonds. The molecule has 1 aliphatic carbocycles. The Bertz CT molecular complexity index is 785. The number of piperidine rings is 1. The first-order chi connectivity index (χ1) is 12.5. The summed E-state index contributed by atoms with van der Waals surface area (Å²) in [6.45, 7) is 0.0892. The van der Waals surface area contributed by atoms with Crippen molar-refractivity contribution in [2.24, 2.45) is 0 Å². The fourth-order valence-corrected chi connectivity index (χ4v) is 3.09. The molecule has 1 N–H and O–H groups in total. The van der Waals surface area contributed by atoms with E-state index < -0.39 is 5.92 Å². The van der Waals surface area contributed by atoms with E-state index in [4.69, 9.17) is 0 Å². The van der Waals surface area contributed by atoms with Crippen LogP contribution in [0.3, 0.4) is 0 Å². The van der Waals surface area contributed by atoms with E-state index in [-0.39, 0.29) is 37.4 Å². The molecule has 0 bridgehead atoms. The molecule has 2 aliphatic rings. The van der Waals surface area contributed by atoms with Gasteiger partial charge in [-0.25, -0.2) is 28.7 Å². The lowest BCUT2D eigenvalue weighted by atomic mass is 10.1. The van der Waals surface area contributed by atoms with Gasteiger partial charge in [0.05, 0.1) is 11.1 Å². The van der Waals surface area contributed by atoms with Crippen LogP contribution in [0.5, 0.6) is 0 Å². The summed E-state index contributed by atoms with van der Waals surface area (Å²) in [6.07, 6.45) is 9.10. The summed E-state index contributed by atoms with van der Waals surface area (Å²) in [5.74, 6) is -2.58. The Labute approximate surface area is 148 Å². The quantitative estimate of drug-likeness (QED) is 0.900. The van der Waals surface area contributed by atoms with Crippen molar-refractivity contribution in [1.29, 1.82) is 0 Å². The molecule has 0 aromatic carbocycles. The van der Waals surface area contributed by atoms with Crippen LogP contribution in [0.25, 0.3) is 0 Å². The van der Waals surface area contributed by atoms with Gasteiger partial charge in [0.2, 0.25) is 5.95 Å². The summed E-state index contributed by atoms with van der Waals surface area (Å²) in [5.41, 5.74) is 1.01. The van der Waals surface area contributed by atoms with Crippen molar-refractivity contribution in [2.45, 2.75) is 37.1 Å². The van der Waals surface area contributed by atoms with Crippen LogP contribution in [0.2, 0.25) is 0 Å². The fourth-order valence-electron chi connectivity index (χ4n) is 3.09. The van der Waals surface area contributed by atoms with Crippen molar-refractivity contribution < 1.29 is 13.6 Å². The number of nitrogens with one attached hydrogen (secondary N) is 1. The van der Waals surface area contributed by atoms with E-state index in [9.17, 15) is 13.6 Å². The molecular weight excluding hydrogens is 342 g/mol. The van der Waals surface area contributed by atoms with Gasteiger partial charge in [-0.2, -0.15) is 0 Å². The molecule has 2 fully saturated rings. The number of hydrogen-bond donors (Lipinski definition) is 1. The van der Waals surface area contributed by atoms with Crippen LogP contribution in [0.1, 0.15) is 41.6 Å². The Morgan fingerprint density at radius 2 is 1.62 bits per heavy atom. The molecule has 0 unspecified atom stereocenters. The van der Waals surface area contributed by atoms with Gasteiger partial charge in [0.15, 0.2) is 0 Å². The van der Waals surface area contributed by atoms with Crippen molar-refractivity contribution in [2.75, 3.05) is 18.4 Å². The predicted octanol–water partition coefficient (Wildman–Crippen LogP) is 2.24. The minimum Gasteiger partial charge on any atom is -0.345 e. The molecule has 7 nitrogen and oxygen atoms in total. The van der Waals surface area contributed by atoms with Gasteiger partial charge in [-0.1, -0.05) is 0 Å². The smallest absolute Gasteiger partial charge is 0.256 e. The number of aromatic nitrogens is 4. The minimum absolute atomic E-state index is 0.0446. The number of carbonyl (C=O) groups is 1. The molecule has 2 aromatic heterocycles. The van der Waals surface area contributed by atoms with Crippen LogP contribution >= 0.6 is 0 Å². The van der Waals surface area contributed by atoms with Crippen LogP contribution in [-0.4, -0.2) is 49.8 Å². The highest BCUT2D eigenvalue weighted by molar-refractivity contribution is 5.93. The third kappa shape index (κ3) is 3.33. The van der Waals surface area contributed by atoms with Crippen LogP contribution in [-0.2, 0) is 5.54 Å². The van der Waals surface area contributed by atoms with Gasteiger partial charge in [-0.15, -0.1) is 0 Å². The molecule has 1 saturated heterocycles. The maximum atomic E-state index is 13.2. The second kappa shape index (κ2) is 6.22. The summed E-state index contributed by atoms with van der Waals surface area (Å²) in [4.78, 5) is 30.3. The lowest BCUT2D eigenvalue weighted by Crippen LogP contribution is -2.42. The Kier molecular flexibility index (Phi) is 4.01. The van der Waals surface area contributed by atoms with Gasteiger partial charge in [0, 0.05) is 56.3 Å². The summed E-state index contributed by atoms with van der Waals surface area (Å²) in [6, 6.07) is 0. The van der Waals surface area contributed by atoms with Crippen LogP contribution in [0, 0.1) is 0 Å². The van der Waals surface area contributed by atoms with Crippen molar-refractivity contribution >= 4 is 11.9 Å². The number of hydrogen-bond acceptors (Lipinski definition) is 6. The summed E-state index contributed by atoms with van der Waals surface area (Å²) < 4.78 is 26.4. The molecule has 1 saturated carbocycles. The predicted molar refractivity (Wildman–Crippen MR) is 88.7 cm³/mol. The van der Waals surface area contributed by atoms with Crippen molar-refractivity contribution in [3.63, 3.8) is 0 Å². The highest BCUT2D eigenvalue weighted by Crippen LogP contribution is 2.47. The molecule has 9 heteroatoms. The number of alkyl halides is 2. The molecule has 4 rings (SSSR count). The standard InChI is InChI=1S/C17H18F2N6O/c18-17(19)3-5-25(6-4-17)14(26)12-7-22-15(23-8-12)24-16(1-2-16)13-9-20-11-21-10-13/h7-11H,1-6H2,(H,22,23,24). The number of carbonyl (C=O) groups excluding carboxylic acids is 1. The van der Waals surface area contributed by atoms with E-state index in [2.05, 4.69) is 25.3 Å². The van der Waals surface area contributed by atoms with Gasteiger partial charge in [0.25, 0.3) is 11.8 Å². The highest BCUT2D eigenvalue weighted by atomic mass is 19.3. The zero-order valence-electron chi connectivity index (χ0n) is 14.0. The van der Waals surface area contributed by atoms with Crippen molar-refractivity contribution in [3.05, 3.63) is 42.2 Å². The molecule has 26 heavy (non-hydrogen) atoms. The Balaban J connectivity index is 1.42. The Hall–Kier alpha value is -2.71. The first-order valence-electron chi connectivity index (χ1n) is 8.50. The SMILES string of the molecule is O=C(c1cnc(NC2(c3cncnc3)CC2)nc1)N1CCC(F)(F)CC1. The largest absolute Gasteiger partial charge is 0.345 e. The molecule has 3 heterocycles. The van der Waals surface area contributed by atoms with Gasteiger partial charge < -0.3 is 10.2 Å². The average molecular weight is 360 g/mol. The number of halogens is 2. The maximum Gasteiger partial charge on any atom is 0.256 e. The molecule has 2 aromatic rings. The molecule has 0 radical (unpaired) electrons. The van der Waals surface area contributed by atoms with Crippen LogP contribution in [0.15, 0.2) is 31.1 Å². The lowest BCUT2D eigenvalue weighted by Gasteiger charge is -2.31. The van der Waals surface area contributed by atoms with E-state index in [1.165, 1.54) is 23.6 Å². The second-order valence-electron chi connectivity index (χ2n) is 6.78. The number of anilines is 1. The van der Waals surface area contributed by atoms with Gasteiger partial charge in [-0.05, 0) is 12.8 Å². The van der Waals surface area contributed by atoms with E-state index in [0.717, 1.165) is 18.4 Å². The van der Waals surface area contributed by atoms with Crippen LogP contribution < -0.4 is 5.32 Å². The van der Waals surface area contributed by atoms with E-state index in [1.807, 2.05) is 0 Å². The number of nitrogens with zero attached hydrogens (tertiary/aromatic N) is 5. The normalized spacial score (nSPS) is 20.5. The summed E-state index contributed by atoms with van der Waals surface area (Å²) in [5, 5.41) is 3.28. The number of amides is 1. The van der Waals surface area contributed by atoms with Crippen LogP contribution in [0.4, 0.5) is 14.7 Å². The fraction of sp³-hybridized carbons (Fsp3) is 0.471. The van der Waals surface area contributed by atoms with Crippen molar-refractivity contribution in [3.8, 4) is 0 Å². The monoisotopic (exact) mass is 360 g/mol. The molecular formula is C17H18F2N6O. The first-order valence-corrected chi connectivity index (χ1v) is 8.50. The van der Waals surface area contributed by atoms with Gasteiger partial charge >= 0.3 is 0 Å². The lowest BCUT2D eigenvalue weighted by molar-refractivity contribution is -0.0494. The number of likely N-dealkylation sites (tertiary alicyclic amines) is 1. The topological polar surface area (TPSA) is 83.9 Å².